The first-order valence-electron chi connectivity index (χ1n) is 6.54. The van der Waals surface area contributed by atoms with Crippen LogP contribution in [0.5, 0.6) is 0 Å². The van der Waals surface area contributed by atoms with Crippen molar-refractivity contribution in [1.82, 2.24) is 9.78 Å². The number of aryl methyl sites for hydroxylation is 2. The quantitative estimate of drug-likeness (QED) is 0.847. The van der Waals surface area contributed by atoms with Crippen LogP contribution in [0.15, 0.2) is 0 Å². The lowest BCUT2D eigenvalue weighted by atomic mass is 10.1. The number of aromatic nitrogens is 2. The summed E-state index contributed by atoms with van der Waals surface area (Å²) >= 11 is 7.22. The lowest BCUT2D eigenvalue weighted by Crippen LogP contribution is -2.30. The fraction of sp³-hybridized carbons (Fsp3) is 0.692. The first-order chi connectivity index (χ1) is 8.82. The molecule has 1 aromatic heterocycles. The molecule has 2 rings (SSSR count). The summed E-state index contributed by atoms with van der Waals surface area (Å²) in [5.41, 5.74) is 7.72. The van der Waals surface area contributed by atoms with E-state index in [0.29, 0.717) is 9.74 Å². The average molecular weight is 298 g/mol. The van der Waals surface area contributed by atoms with Crippen LogP contribution < -0.4 is 10.6 Å². The number of anilines is 1. The van der Waals surface area contributed by atoms with Gasteiger partial charge in [-0.2, -0.15) is 16.9 Å². The first kappa shape index (κ1) is 14.7. The van der Waals surface area contributed by atoms with Crippen molar-refractivity contribution >= 4 is 34.8 Å². The largest absolute Gasteiger partial charge is 0.389 e. The molecule has 1 fully saturated rings. The van der Waals surface area contributed by atoms with E-state index in [2.05, 4.69) is 23.8 Å². The minimum atomic E-state index is 0.339. The number of hydrogen-bond acceptors (Lipinski definition) is 4. The van der Waals surface area contributed by atoms with E-state index in [0.717, 1.165) is 42.3 Å². The van der Waals surface area contributed by atoms with Crippen LogP contribution in [0.3, 0.4) is 0 Å². The SMILES string of the molecule is Cc1nn(C)c(N2CCSC(C)(C)CC2)c1C(N)=S. The third-order valence-electron chi connectivity index (χ3n) is 3.58. The zero-order valence-corrected chi connectivity index (χ0v) is 13.7. The van der Waals surface area contributed by atoms with Gasteiger partial charge >= 0.3 is 0 Å². The molecule has 0 atom stereocenters. The maximum Gasteiger partial charge on any atom is 0.137 e. The molecule has 0 radical (unpaired) electrons. The Hall–Kier alpha value is -0.750. The fourth-order valence-corrected chi connectivity index (χ4v) is 3.87. The van der Waals surface area contributed by atoms with Crippen molar-refractivity contribution in [2.45, 2.75) is 31.9 Å². The van der Waals surface area contributed by atoms with Gasteiger partial charge in [-0.3, -0.25) is 4.68 Å². The molecule has 0 aromatic carbocycles. The molecule has 0 unspecified atom stereocenters. The Morgan fingerprint density at radius 3 is 2.74 bits per heavy atom. The Kier molecular flexibility index (Phi) is 4.11. The number of nitrogens with two attached hydrogens (primary N) is 1. The molecule has 0 amide bonds. The van der Waals surface area contributed by atoms with E-state index in [4.69, 9.17) is 18.0 Å². The highest BCUT2D eigenvalue weighted by Crippen LogP contribution is 2.33. The van der Waals surface area contributed by atoms with Gasteiger partial charge in [-0.25, -0.2) is 0 Å². The molecule has 2 heterocycles. The van der Waals surface area contributed by atoms with Crippen molar-refractivity contribution in [3.63, 3.8) is 0 Å². The molecule has 0 saturated carbocycles. The molecule has 6 heteroatoms. The normalized spacial score (nSPS) is 19.3. The van der Waals surface area contributed by atoms with E-state index >= 15 is 0 Å². The molecule has 2 N–H and O–H groups in total. The predicted octanol–water partition coefficient (Wildman–Crippen LogP) is 2.08. The fourth-order valence-electron chi connectivity index (χ4n) is 2.53. The van der Waals surface area contributed by atoms with Gasteiger partial charge in [0.15, 0.2) is 0 Å². The molecule has 0 aliphatic carbocycles. The average Bonchev–Trinajstić information content (AvgIpc) is 2.47. The molecule has 1 aliphatic heterocycles. The van der Waals surface area contributed by atoms with Gasteiger partial charge in [-0.15, -0.1) is 0 Å². The third kappa shape index (κ3) is 3.05. The van der Waals surface area contributed by atoms with Crippen LogP contribution in [0.1, 0.15) is 31.5 Å². The Balaban J connectivity index is 2.34. The predicted molar refractivity (Wildman–Crippen MR) is 87.2 cm³/mol. The lowest BCUT2D eigenvalue weighted by molar-refractivity contribution is 0.623. The highest BCUT2D eigenvalue weighted by atomic mass is 32.2. The summed E-state index contributed by atoms with van der Waals surface area (Å²) in [6, 6.07) is 0. The molecule has 0 spiro atoms. The summed E-state index contributed by atoms with van der Waals surface area (Å²) in [7, 11) is 1.97. The van der Waals surface area contributed by atoms with Crippen LogP contribution in [-0.2, 0) is 7.05 Å². The molecule has 1 aromatic rings. The molecular formula is C13H22N4S2. The molecule has 19 heavy (non-hydrogen) atoms. The van der Waals surface area contributed by atoms with Crippen LogP contribution in [-0.4, -0.2) is 38.4 Å². The lowest BCUT2D eigenvalue weighted by Gasteiger charge is -2.25. The highest BCUT2D eigenvalue weighted by Gasteiger charge is 2.27. The maximum absolute atomic E-state index is 5.87. The standard InChI is InChI=1S/C13H22N4S2/c1-9-10(11(14)18)12(16(4)15-9)17-6-5-13(2,3)19-8-7-17/h5-8H2,1-4H3,(H2,14,18). The van der Waals surface area contributed by atoms with Crippen molar-refractivity contribution in [2.75, 3.05) is 23.7 Å². The molecular weight excluding hydrogens is 276 g/mol. The van der Waals surface area contributed by atoms with Crippen LogP contribution in [0.25, 0.3) is 0 Å². The summed E-state index contributed by atoms with van der Waals surface area (Å²) in [6.07, 6.45) is 1.15. The van der Waals surface area contributed by atoms with Crippen molar-refractivity contribution in [3.8, 4) is 0 Å². The zero-order valence-electron chi connectivity index (χ0n) is 12.1. The van der Waals surface area contributed by atoms with Crippen LogP contribution in [0.4, 0.5) is 5.82 Å². The second-order valence-electron chi connectivity index (χ2n) is 5.62. The van der Waals surface area contributed by atoms with Gasteiger partial charge in [0, 0.05) is 30.6 Å². The highest BCUT2D eigenvalue weighted by molar-refractivity contribution is 8.00. The Labute approximate surface area is 124 Å². The first-order valence-corrected chi connectivity index (χ1v) is 7.93. The molecule has 0 bridgehead atoms. The summed E-state index contributed by atoms with van der Waals surface area (Å²) in [6.45, 7) is 8.63. The molecule has 1 aliphatic rings. The Morgan fingerprint density at radius 2 is 2.11 bits per heavy atom. The number of nitrogens with zero attached hydrogens (tertiary/aromatic N) is 3. The van der Waals surface area contributed by atoms with E-state index < -0.39 is 0 Å². The van der Waals surface area contributed by atoms with Gasteiger partial charge in [-0.05, 0) is 13.3 Å². The van der Waals surface area contributed by atoms with Crippen LogP contribution in [0, 0.1) is 6.92 Å². The topological polar surface area (TPSA) is 47.1 Å². The second-order valence-corrected chi connectivity index (χ2v) is 7.86. The Morgan fingerprint density at radius 1 is 1.42 bits per heavy atom. The Bertz CT molecular complexity index is 493. The second kappa shape index (κ2) is 5.32. The third-order valence-corrected chi connectivity index (χ3v) is 5.15. The zero-order chi connectivity index (χ0) is 14.2. The minimum Gasteiger partial charge on any atom is -0.389 e. The number of rotatable bonds is 2. The number of thiocarbonyl (C=S) groups is 1. The maximum atomic E-state index is 5.87. The van der Waals surface area contributed by atoms with E-state index in [1.165, 1.54) is 0 Å². The van der Waals surface area contributed by atoms with E-state index in [-0.39, 0.29) is 0 Å². The van der Waals surface area contributed by atoms with Crippen LogP contribution >= 0.6 is 24.0 Å². The van der Waals surface area contributed by atoms with E-state index in [9.17, 15) is 0 Å². The van der Waals surface area contributed by atoms with Crippen molar-refractivity contribution < 1.29 is 0 Å². The van der Waals surface area contributed by atoms with E-state index in [1.54, 1.807) is 0 Å². The van der Waals surface area contributed by atoms with Crippen molar-refractivity contribution in [1.29, 1.82) is 0 Å². The van der Waals surface area contributed by atoms with Gasteiger partial charge in [0.1, 0.15) is 10.8 Å². The smallest absolute Gasteiger partial charge is 0.137 e. The summed E-state index contributed by atoms with van der Waals surface area (Å²) in [5, 5.41) is 4.48. The van der Waals surface area contributed by atoms with Crippen LogP contribution in [0.2, 0.25) is 0 Å². The van der Waals surface area contributed by atoms with Gasteiger partial charge < -0.3 is 10.6 Å². The number of thioether (sulfide) groups is 1. The molecule has 1 saturated heterocycles. The summed E-state index contributed by atoms with van der Waals surface area (Å²) < 4.78 is 2.25. The minimum absolute atomic E-state index is 0.339. The van der Waals surface area contributed by atoms with Crippen molar-refractivity contribution in [2.24, 2.45) is 12.8 Å². The number of hydrogen-bond donors (Lipinski definition) is 1. The molecule has 4 nitrogen and oxygen atoms in total. The van der Waals surface area contributed by atoms with Gasteiger partial charge in [-0.1, -0.05) is 26.1 Å². The van der Waals surface area contributed by atoms with Crippen molar-refractivity contribution in [3.05, 3.63) is 11.3 Å². The van der Waals surface area contributed by atoms with Gasteiger partial charge in [0.05, 0.1) is 11.3 Å². The van der Waals surface area contributed by atoms with Gasteiger partial charge in [0.2, 0.25) is 0 Å². The molecule has 106 valence electrons. The van der Waals surface area contributed by atoms with E-state index in [1.807, 2.05) is 30.4 Å². The summed E-state index contributed by atoms with van der Waals surface area (Å²) in [4.78, 5) is 2.81. The summed E-state index contributed by atoms with van der Waals surface area (Å²) in [5.74, 6) is 2.19. The van der Waals surface area contributed by atoms with Gasteiger partial charge in [0.25, 0.3) is 0 Å². The monoisotopic (exact) mass is 298 g/mol.